The molecule has 2 N–H and O–H groups in total. The third-order valence-corrected chi connectivity index (χ3v) is 4.55. The second-order valence-electron chi connectivity index (χ2n) is 6.83. The zero-order valence-corrected chi connectivity index (χ0v) is 12.0. The van der Waals surface area contributed by atoms with E-state index in [-0.39, 0.29) is 5.54 Å². The lowest BCUT2D eigenvalue weighted by molar-refractivity contribution is -0.133. The highest BCUT2D eigenvalue weighted by Gasteiger charge is 2.35. The van der Waals surface area contributed by atoms with Crippen molar-refractivity contribution in [1.29, 1.82) is 0 Å². The first-order valence-electron chi connectivity index (χ1n) is 7.56. The van der Waals surface area contributed by atoms with E-state index < -0.39 is 0 Å². The predicted molar refractivity (Wildman–Crippen MR) is 74.2 cm³/mol. The van der Waals surface area contributed by atoms with Crippen molar-refractivity contribution in [2.75, 3.05) is 6.54 Å². The number of rotatable bonds is 4. The van der Waals surface area contributed by atoms with Gasteiger partial charge in [-0.2, -0.15) is 0 Å². The maximum Gasteiger partial charge on any atom is 0.222 e. The molecule has 18 heavy (non-hydrogen) atoms. The van der Waals surface area contributed by atoms with E-state index in [9.17, 15) is 4.79 Å². The van der Waals surface area contributed by atoms with E-state index in [2.05, 4.69) is 4.90 Å². The molecule has 3 nitrogen and oxygen atoms in total. The molecule has 2 rings (SSSR count). The minimum absolute atomic E-state index is 0.224. The predicted octanol–water partition coefficient (Wildman–Crippen LogP) is 2.69. The van der Waals surface area contributed by atoms with Crippen LogP contribution in [0.2, 0.25) is 0 Å². The van der Waals surface area contributed by atoms with Gasteiger partial charge in [0.15, 0.2) is 0 Å². The van der Waals surface area contributed by atoms with E-state index in [0.29, 0.717) is 18.4 Å². The van der Waals surface area contributed by atoms with Gasteiger partial charge in [-0.25, -0.2) is 0 Å². The number of carbonyl (C=O) groups excluding carboxylic acids is 1. The summed E-state index contributed by atoms with van der Waals surface area (Å²) >= 11 is 0. The molecule has 1 aliphatic carbocycles. The largest absolute Gasteiger partial charge is 0.339 e. The Bertz CT molecular complexity index is 289. The summed E-state index contributed by atoms with van der Waals surface area (Å²) in [7, 11) is 0. The standard InChI is InChI=1S/C15H28N2O/c1-15(2,16)10-9-14(18)17-11-5-8-13(17)12-6-3-4-7-12/h12-13H,3-11,16H2,1-2H3. The van der Waals surface area contributed by atoms with Crippen LogP contribution in [0, 0.1) is 5.92 Å². The number of nitrogens with zero attached hydrogens (tertiary/aromatic N) is 1. The molecular weight excluding hydrogens is 224 g/mol. The van der Waals surface area contributed by atoms with E-state index in [1.807, 2.05) is 13.8 Å². The molecule has 0 aromatic rings. The maximum atomic E-state index is 12.3. The molecule has 104 valence electrons. The summed E-state index contributed by atoms with van der Waals surface area (Å²) in [6.07, 6.45) is 9.21. The van der Waals surface area contributed by atoms with Gasteiger partial charge in [0.2, 0.25) is 5.91 Å². The Hall–Kier alpha value is -0.570. The van der Waals surface area contributed by atoms with Crippen molar-refractivity contribution in [2.45, 2.75) is 76.8 Å². The molecule has 1 aliphatic heterocycles. The number of hydrogen-bond acceptors (Lipinski definition) is 2. The molecule has 1 heterocycles. The summed E-state index contributed by atoms with van der Waals surface area (Å²) < 4.78 is 0. The van der Waals surface area contributed by atoms with E-state index in [0.717, 1.165) is 18.9 Å². The molecule has 0 radical (unpaired) electrons. The first kappa shape index (κ1) is 13.9. The van der Waals surface area contributed by atoms with Crippen molar-refractivity contribution < 1.29 is 4.79 Å². The first-order chi connectivity index (χ1) is 8.47. The van der Waals surface area contributed by atoms with E-state index in [4.69, 9.17) is 5.73 Å². The quantitative estimate of drug-likeness (QED) is 0.836. The van der Waals surface area contributed by atoms with Gasteiger partial charge in [0.1, 0.15) is 0 Å². The van der Waals surface area contributed by atoms with E-state index >= 15 is 0 Å². The van der Waals surface area contributed by atoms with Crippen molar-refractivity contribution in [3.8, 4) is 0 Å². The highest BCUT2D eigenvalue weighted by molar-refractivity contribution is 5.77. The zero-order valence-electron chi connectivity index (χ0n) is 12.0. The zero-order chi connectivity index (χ0) is 13.2. The van der Waals surface area contributed by atoms with Crippen LogP contribution < -0.4 is 5.73 Å². The van der Waals surface area contributed by atoms with Crippen LogP contribution >= 0.6 is 0 Å². The Labute approximate surface area is 111 Å². The molecule has 3 heteroatoms. The highest BCUT2D eigenvalue weighted by atomic mass is 16.2. The molecule has 1 saturated carbocycles. The lowest BCUT2D eigenvalue weighted by Gasteiger charge is -2.30. The molecule has 1 atom stereocenters. The Balaban J connectivity index is 1.88. The summed E-state index contributed by atoms with van der Waals surface area (Å²) in [6, 6.07) is 0.542. The first-order valence-corrected chi connectivity index (χ1v) is 7.56. The fourth-order valence-corrected chi connectivity index (χ4v) is 3.51. The summed E-state index contributed by atoms with van der Waals surface area (Å²) in [6.45, 7) is 4.97. The highest BCUT2D eigenvalue weighted by Crippen LogP contribution is 2.35. The Kier molecular flexibility index (Phi) is 4.31. The number of carbonyl (C=O) groups is 1. The van der Waals surface area contributed by atoms with Crippen LogP contribution in [0.1, 0.15) is 65.2 Å². The van der Waals surface area contributed by atoms with Crippen molar-refractivity contribution in [3.05, 3.63) is 0 Å². The minimum Gasteiger partial charge on any atom is -0.339 e. The van der Waals surface area contributed by atoms with Gasteiger partial charge in [-0.3, -0.25) is 4.79 Å². The molecule has 1 amide bonds. The molecule has 2 fully saturated rings. The number of amides is 1. The van der Waals surface area contributed by atoms with Gasteiger partial charge in [0, 0.05) is 24.5 Å². The van der Waals surface area contributed by atoms with E-state index in [1.54, 1.807) is 0 Å². The van der Waals surface area contributed by atoms with Crippen LogP contribution in [-0.2, 0) is 4.79 Å². The summed E-state index contributed by atoms with van der Waals surface area (Å²) in [5.41, 5.74) is 5.74. The lowest BCUT2D eigenvalue weighted by atomic mass is 9.95. The lowest BCUT2D eigenvalue weighted by Crippen LogP contribution is -2.41. The minimum atomic E-state index is -0.224. The number of hydrogen-bond donors (Lipinski definition) is 1. The molecule has 2 aliphatic rings. The molecule has 0 aromatic carbocycles. The molecule has 0 bridgehead atoms. The van der Waals surface area contributed by atoms with Crippen LogP contribution in [0.4, 0.5) is 0 Å². The van der Waals surface area contributed by atoms with Crippen molar-refractivity contribution in [3.63, 3.8) is 0 Å². The van der Waals surface area contributed by atoms with Gasteiger partial charge in [-0.05, 0) is 51.9 Å². The van der Waals surface area contributed by atoms with Gasteiger partial charge in [0.05, 0.1) is 0 Å². The Morgan fingerprint density at radius 2 is 1.89 bits per heavy atom. The fraction of sp³-hybridized carbons (Fsp3) is 0.933. The summed E-state index contributed by atoms with van der Waals surface area (Å²) in [5, 5.41) is 0. The maximum absolute atomic E-state index is 12.3. The SMILES string of the molecule is CC(C)(N)CCC(=O)N1CCCC1C1CCCC1. The van der Waals surface area contributed by atoms with E-state index in [1.165, 1.54) is 38.5 Å². The van der Waals surface area contributed by atoms with Gasteiger partial charge in [0.25, 0.3) is 0 Å². The van der Waals surface area contributed by atoms with Crippen LogP contribution in [0.15, 0.2) is 0 Å². The van der Waals surface area contributed by atoms with Crippen molar-refractivity contribution >= 4 is 5.91 Å². The molecule has 0 spiro atoms. The molecular formula is C15H28N2O. The van der Waals surface area contributed by atoms with Gasteiger partial charge in [-0.1, -0.05) is 12.8 Å². The van der Waals surface area contributed by atoms with Gasteiger partial charge >= 0.3 is 0 Å². The second kappa shape index (κ2) is 5.60. The monoisotopic (exact) mass is 252 g/mol. The normalized spacial score (nSPS) is 25.9. The Morgan fingerprint density at radius 1 is 1.22 bits per heavy atom. The van der Waals surface area contributed by atoms with Crippen molar-refractivity contribution in [2.24, 2.45) is 11.7 Å². The second-order valence-corrected chi connectivity index (χ2v) is 6.83. The van der Waals surface area contributed by atoms with Crippen LogP contribution in [0.25, 0.3) is 0 Å². The molecule has 0 aromatic heterocycles. The number of likely N-dealkylation sites (tertiary alicyclic amines) is 1. The third kappa shape index (κ3) is 3.47. The summed E-state index contributed by atoms with van der Waals surface area (Å²) in [4.78, 5) is 14.5. The number of nitrogens with two attached hydrogens (primary N) is 1. The fourth-order valence-electron chi connectivity index (χ4n) is 3.51. The third-order valence-electron chi connectivity index (χ3n) is 4.55. The van der Waals surface area contributed by atoms with Crippen LogP contribution in [-0.4, -0.2) is 28.9 Å². The smallest absolute Gasteiger partial charge is 0.222 e. The average molecular weight is 252 g/mol. The van der Waals surface area contributed by atoms with Crippen LogP contribution in [0.3, 0.4) is 0 Å². The Morgan fingerprint density at radius 3 is 2.50 bits per heavy atom. The molecule has 1 unspecified atom stereocenters. The summed E-state index contributed by atoms with van der Waals surface area (Å²) in [5.74, 6) is 1.12. The average Bonchev–Trinajstić information content (AvgIpc) is 2.94. The van der Waals surface area contributed by atoms with Crippen LogP contribution in [0.5, 0.6) is 0 Å². The van der Waals surface area contributed by atoms with Gasteiger partial charge < -0.3 is 10.6 Å². The topological polar surface area (TPSA) is 46.3 Å². The van der Waals surface area contributed by atoms with Gasteiger partial charge in [-0.15, -0.1) is 0 Å². The van der Waals surface area contributed by atoms with Crippen molar-refractivity contribution in [1.82, 2.24) is 4.90 Å². The molecule has 1 saturated heterocycles.